The first-order valence-corrected chi connectivity index (χ1v) is 11.2. The van der Waals surface area contributed by atoms with E-state index in [1.165, 1.54) is 11.8 Å². The van der Waals surface area contributed by atoms with Crippen LogP contribution in [-0.2, 0) is 24.4 Å². The van der Waals surface area contributed by atoms with Crippen LogP contribution in [0.1, 0.15) is 30.8 Å². The number of nitrogens with zero attached hydrogens (tertiary/aromatic N) is 3. The van der Waals surface area contributed by atoms with E-state index in [0.717, 1.165) is 23.2 Å². The molecule has 3 rings (SSSR count). The monoisotopic (exact) mass is 444 g/mol. The molecule has 1 amide bonds. The highest BCUT2D eigenvalue weighted by molar-refractivity contribution is 7.99. The Morgan fingerprint density at radius 1 is 1.20 bits per heavy atom. The maximum atomic E-state index is 12.4. The lowest BCUT2D eigenvalue weighted by atomic mass is 10.1. The Balaban J connectivity index is 1.61. The second-order valence-corrected chi connectivity index (χ2v) is 8.06. The van der Waals surface area contributed by atoms with Gasteiger partial charge in [-0.2, -0.15) is 0 Å². The lowest BCUT2D eigenvalue weighted by Gasteiger charge is -2.11. The van der Waals surface area contributed by atoms with Crippen LogP contribution in [0.25, 0.3) is 0 Å². The van der Waals surface area contributed by atoms with E-state index in [4.69, 9.17) is 16.3 Å². The highest BCUT2D eigenvalue weighted by Crippen LogP contribution is 2.26. The van der Waals surface area contributed by atoms with E-state index in [2.05, 4.69) is 22.4 Å². The van der Waals surface area contributed by atoms with Crippen LogP contribution in [0.2, 0.25) is 5.02 Å². The lowest BCUT2D eigenvalue weighted by molar-refractivity contribution is -0.113. The van der Waals surface area contributed by atoms with Crippen molar-refractivity contribution < 1.29 is 9.53 Å². The number of carbonyl (C=O) groups is 1. The van der Waals surface area contributed by atoms with Crippen LogP contribution in [0.4, 0.5) is 5.69 Å². The number of ether oxygens (including phenoxy) is 1. The van der Waals surface area contributed by atoms with Crippen LogP contribution in [0.3, 0.4) is 0 Å². The Hall–Kier alpha value is -2.51. The van der Waals surface area contributed by atoms with Gasteiger partial charge in [-0.15, -0.1) is 10.2 Å². The van der Waals surface area contributed by atoms with Crippen molar-refractivity contribution in [3.63, 3.8) is 0 Å². The molecule has 1 N–H and O–H groups in total. The van der Waals surface area contributed by atoms with Gasteiger partial charge in [0.25, 0.3) is 0 Å². The molecule has 0 unspecified atom stereocenters. The fourth-order valence-electron chi connectivity index (χ4n) is 2.98. The lowest BCUT2D eigenvalue weighted by Crippen LogP contribution is -2.16. The van der Waals surface area contributed by atoms with E-state index in [9.17, 15) is 4.79 Å². The standard InChI is InChI=1S/C22H25ClN4O2S/c1-4-16-8-6-7-9-18(16)24-21(28)14-30-22-26-25-20(27(22)5-2)13-29-19-12-15(3)10-11-17(19)23/h6-12H,4-5,13-14H2,1-3H3,(H,24,28). The van der Waals surface area contributed by atoms with Gasteiger partial charge in [-0.05, 0) is 49.6 Å². The number of carbonyl (C=O) groups excluding carboxylic acids is 1. The molecular formula is C22H25ClN4O2S. The summed E-state index contributed by atoms with van der Waals surface area (Å²) >= 11 is 7.55. The second-order valence-electron chi connectivity index (χ2n) is 6.71. The minimum atomic E-state index is -0.0732. The van der Waals surface area contributed by atoms with Crippen LogP contribution in [0.5, 0.6) is 5.75 Å². The summed E-state index contributed by atoms with van der Waals surface area (Å²) in [6.07, 6.45) is 0.863. The third kappa shape index (κ3) is 5.55. The maximum Gasteiger partial charge on any atom is 0.234 e. The number of amides is 1. The molecule has 0 saturated carbocycles. The van der Waals surface area contributed by atoms with Crippen molar-refractivity contribution in [3.8, 4) is 5.75 Å². The number of hydrogen-bond acceptors (Lipinski definition) is 5. The minimum absolute atomic E-state index is 0.0732. The van der Waals surface area contributed by atoms with Gasteiger partial charge in [-0.3, -0.25) is 4.79 Å². The predicted molar refractivity (Wildman–Crippen MR) is 121 cm³/mol. The first kappa shape index (κ1) is 22.2. The van der Waals surface area contributed by atoms with E-state index in [0.29, 0.717) is 28.3 Å². The molecule has 0 aliphatic carbocycles. The molecule has 158 valence electrons. The fraction of sp³-hybridized carbons (Fsp3) is 0.318. The summed E-state index contributed by atoms with van der Waals surface area (Å²) in [6, 6.07) is 13.5. The fourth-order valence-corrected chi connectivity index (χ4v) is 3.97. The topological polar surface area (TPSA) is 69.0 Å². The van der Waals surface area contributed by atoms with Crippen molar-refractivity contribution in [2.45, 2.75) is 45.5 Å². The van der Waals surface area contributed by atoms with Gasteiger partial charge in [-0.1, -0.05) is 54.6 Å². The van der Waals surface area contributed by atoms with Gasteiger partial charge in [0.05, 0.1) is 10.8 Å². The average molecular weight is 445 g/mol. The molecule has 30 heavy (non-hydrogen) atoms. The van der Waals surface area contributed by atoms with Crippen molar-refractivity contribution in [1.29, 1.82) is 0 Å². The normalized spacial score (nSPS) is 10.8. The van der Waals surface area contributed by atoms with E-state index in [1.54, 1.807) is 0 Å². The zero-order chi connectivity index (χ0) is 21.5. The third-order valence-corrected chi connectivity index (χ3v) is 5.84. The molecule has 8 heteroatoms. The third-order valence-electron chi connectivity index (χ3n) is 4.56. The zero-order valence-electron chi connectivity index (χ0n) is 17.3. The van der Waals surface area contributed by atoms with Crippen molar-refractivity contribution >= 4 is 35.0 Å². The zero-order valence-corrected chi connectivity index (χ0v) is 18.9. The van der Waals surface area contributed by atoms with Crippen LogP contribution >= 0.6 is 23.4 Å². The number of halogens is 1. The van der Waals surface area contributed by atoms with Gasteiger partial charge in [0, 0.05) is 12.2 Å². The van der Waals surface area contributed by atoms with Gasteiger partial charge in [-0.25, -0.2) is 0 Å². The Kier molecular flexibility index (Phi) is 7.76. The van der Waals surface area contributed by atoms with Crippen molar-refractivity contribution in [1.82, 2.24) is 14.8 Å². The first-order chi connectivity index (χ1) is 14.5. The summed E-state index contributed by atoms with van der Waals surface area (Å²) < 4.78 is 7.79. The molecule has 0 aliphatic rings. The van der Waals surface area contributed by atoms with E-state index in [-0.39, 0.29) is 18.3 Å². The van der Waals surface area contributed by atoms with Gasteiger partial charge in [0.1, 0.15) is 12.4 Å². The summed E-state index contributed by atoms with van der Waals surface area (Å²) in [4.78, 5) is 12.4. The smallest absolute Gasteiger partial charge is 0.234 e. The van der Waals surface area contributed by atoms with E-state index in [1.807, 2.05) is 60.9 Å². The highest BCUT2D eigenvalue weighted by atomic mass is 35.5. The van der Waals surface area contributed by atoms with Crippen molar-refractivity contribution in [2.24, 2.45) is 0 Å². The van der Waals surface area contributed by atoms with E-state index >= 15 is 0 Å². The maximum absolute atomic E-state index is 12.4. The molecule has 0 aliphatic heterocycles. The summed E-state index contributed by atoms with van der Waals surface area (Å²) in [7, 11) is 0. The summed E-state index contributed by atoms with van der Waals surface area (Å²) in [5.74, 6) is 1.48. The molecule has 0 fully saturated rings. The van der Waals surface area contributed by atoms with Gasteiger partial charge in [0.2, 0.25) is 5.91 Å². The molecule has 0 spiro atoms. The number of thioether (sulfide) groups is 1. The molecule has 2 aromatic carbocycles. The quantitative estimate of drug-likeness (QED) is 0.463. The SMILES string of the molecule is CCc1ccccc1NC(=O)CSc1nnc(COc2cc(C)ccc2Cl)n1CC. The van der Waals surface area contributed by atoms with Gasteiger partial charge in [0.15, 0.2) is 11.0 Å². The van der Waals surface area contributed by atoms with Crippen LogP contribution < -0.4 is 10.1 Å². The van der Waals surface area contributed by atoms with Crippen molar-refractivity contribution in [2.75, 3.05) is 11.1 Å². The number of nitrogens with one attached hydrogen (secondary N) is 1. The number of anilines is 1. The van der Waals surface area contributed by atoms with Gasteiger partial charge < -0.3 is 14.6 Å². The van der Waals surface area contributed by atoms with Gasteiger partial charge >= 0.3 is 0 Å². The van der Waals surface area contributed by atoms with Crippen LogP contribution in [0.15, 0.2) is 47.6 Å². The second kappa shape index (κ2) is 10.5. The summed E-state index contributed by atoms with van der Waals surface area (Å²) in [5, 5.41) is 12.7. The summed E-state index contributed by atoms with van der Waals surface area (Å²) in [5.41, 5.74) is 3.03. The number of aromatic nitrogens is 3. The Morgan fingerprint density at radius 3 is 2.77 bits per heavy atom. The number of aryl methyl sites for hydroxylation is 2. The predicted octanol–water partition coefficient (Wildman–Crippen LogP) is 5.13. The Morgan fingerprint density at radius 2 is 2.00 bits per heavy atom. The molecular weight excluding hydrogens is 420 g/mol. The van der Waals surface area contributed by atoms with E-state index < -0.39 is 0 Å². The number of hydrogen-bond donors (Lipinski definition) is 1. The first-order valence-electron chi connectivity index (χ1n) is 9.83. The van der Waals surface area contributed by atoms with Crippen LogP contribution in [-0.4, -0.2) is 26.4 Å². The molecule has 0 radical (unpaired) electrons. The average Bonchev–Trinajstić information content (AvgIpc) is 3.15. The number of para-hydroxylation sites is 1. The molecule has 3 aromatic rings. The molecule has 0 atom stereocenters. The summed E-state index contributed by atoms with van der Waals surface area (Å²) in [6.45, 7) is 6.98. The Bertz CT molecular complexity index is 1020. The molecule has 0 bridgehead atoms. The molecule has 6 nitrogen and oxygen atoms in total. The Labute approximate surface area is 186 Å². The van der Waals surface area contributed by atoms with Crippen LogP contribution in [0, 0.1) is 6.92 Å². The molecule has 0 saturated heterocycles. The number of benzene rings is 2. The highest BCUT2D eigenvalue weighted by Gasteiger charge is 2.15. The largest absolute Gasteiger partial charge is 0.484 e. The number of rotatable bonds is 9. The van der Waals surface area contributed by atoms with Crippen molar-refractivity contribution in [3.05, 3.63) is 64.4 Å². The minimum Gasteiger partial charge on any atom is -0.484 e. The molecule has 1 heterocycles. The molecule has 1 aromatic heterocycles.